The molecule has 4 rings (SSSR count). The topological polar surface area (TPSA) is 46.4 Å². The van der Waals surface area contributed by atoms with Gasteiger partial charge in [0.25, 0.3) is 5.91 Å². The average Bonchev–Trinajstić information content (AvgIpc) is 3.15. The highest BCUT2D eigenvalue weighted by Crippen LogP contribution is 2.32. The van der Waals surface area contributed by atoms with Crippen molar-refractivity contribution in [1.29, 1.82) is 0 Å². The van der Waals surface area contributed by atoms with Crippen LogP contribution in [-0.4, -0.2) is 15.3 Å². The molecule has 3 aromatic heterocycles. The summed E-state index contributed by atoms with van der Waals surface area (Å²) in [5.74, 6) is 0.754. The Morgan fingerprint density at radius 2 is 2.39 bits per heavy atom. The standard InChI is InChI=1S/C18H19N3OS/c1-12-5-6-14-15(11-23-16(14)8-12)18(22)19-9-13-10-21-7-3-2-4-17(21)20-13/h2-4,7,10-12H,5-6,8-9H2,1H3,(H,19,22). The first-order valence-electron chi connectivity index (χ1n) is 8.01. The number of imidazole rings is 1. The summed E-state index contributed by atoms with van der Waals surface area (Å²) in [6.07, 6.45) is 7.23. The van der Waals surface area contributed by atoms with Gasteiger partial charge in [0.2, 0.25) is 0 Å². The number of pyridine rings is 1. The van der Waals surface area contributed by atoms with Gasteiger partial charge in [-0.1, -0.05) is 13.0 Å². The number of amides is 1. The smallest absolute Gasteiger partial charge is 0.252 e. The van der Waals surface area contributed by atoms with E-state index in [-0.39, 0.29) is 5.91 Å². The second-order valence-electron chi connectivity index (χ2n) is 6.28. The van der Waals surface area contributed by atoms with Crippen LogP contribution in [0.25, 0.3) is 5.65 Å². The maximum absolute atomic E-state index is 12.5. The number of aromatic nitrogens is 2. The van der Waals surface area contributed by atoms with Crippen molar-refractivity contribution >= 4 is 22.9 Å². The van der Waals surface area contributed by atoms with Gasteiger partial charge in [-0.2, -0.15) is 0 Å². The van der Waals surface area contributed by atoms with E-state index in [0.29, 0.717) is 6.54 Å². The summed E-state index contributed by atoms with van der Waals surface area (Å²) in [4.78, 5) is 18.4. The molecule has 1 amide bonds. The summed E-state index contributed by atoms with van der Waals surface area (Å²) in [6.45, 7) is 2.74. The lowest BCUT2D eigenvalue weighted by Crippen LogP contribution is -2.24. The van der Waals surface area contributed by atoms with E-state index in [4.69, 9.17) is 0 Å². The fourth-order valence-electron chi connectivity index (χ4n) is 3.21. The molecule has 0 fully saturated rings. The number of nitrogens with one attached hydrogen (secondary N) is 1. The number of nitrogens with zero attached hydrogens (tertiary/aromatic N) is 2. The van der Waals surface area contributed by atoms with Gasteiger partial charge in [-0.15, -0.1) is 11.3 Å². The van der Waals surface area contributed by atoms with Crippen LogP contribution in [0.5, 0.6) is 0 Å². The fourth-order valence-corrected chi connectivity index (χ4v) is 4.45. The number of fused-ring (bicyclic) bond motifs is 2. The maximum Gasteiger partial charge on any atom is 0.252 e. The molecule has 1 unspecified atom stereocenters. The lowest BCUT2D eigenvalue weighted by Gasteiger charge is -2.18. The minimum Gasteiger partial charge on any atom is -0.346 e. The van der Waals surface area contributed by atoms with Gasteiger partial charge < -0.3 is 9.72 Å². The number of thiophene rings is 1. The summed E-state index contributed by atoms with van der Waals surface area (Å²) in [6, 6.07) is 5.89. The zero-order valence-corrected chi connectivity index (χ0v) is 13.9. The second kappa shape index (κ2) is 5.81. The number of rotatable bonds is 3. The van der Waals surface area contributed by atoms with Crippen LogP contribution in [0.15, 0.2) is 36.0 Å². The predicted molar refractivity (Wildman–Crippen MR) is 91.9 cm³/mol. The van der Waals surface area contributed by atoms with E-state index in [1.807, 2.05) is 40.4 Å². The van der Waals surface area contributed by atoms with Gasteiger partial charge in [0.1, 0.15) is 5.65 Å². The third-order valence-electron chi connectivity index (χ3n) is 4.49. The van der Waals surface area contributed by atoms with E-state index in [9.17, 15) is 4.79 Å². The summed E-state index contributed by atoms with van der Waals surface area (Å²) < 4.78 is 1.97. The molecule has 0 spiro atoms. The Bertz CT molecular complexity index is 831. The van der Waals surface area contributed by atoms with Crippen molar-refractivity contribution in [3.8, 4) is 0 Å². The van der Waals surface area contributed by atoms with E-state index < -0.39 is 0 Å². The van der Waals surface area contributed by atoms with Crippen LogP contribution in [-0.2, 0) is 19.4 Å². The predicted octanol–water partition coefficient (Wildman–Crippen LogP) is 3.45. The molecule has 0 saturated heterocycles. The number of carbonyl (C=O) groups excluding carboxylic acids is 1. The lowest BCUT2D eigenvalue weighted by molar-refractivity contribution is 0.0949. The minimum absolute atomic E-state index is 0.0223. The van der Waals surface area contributed by atoms with Gasteiger partial charge in [-0.25, -0.2) is 4.98 Å². The molecule has 23 heavy (non-hydrogen) atoms. The Kier molecular flexibility index (Phi) is 3.65. The van der Waals surface area contributed by atoms with Gasteiger partial charge in [0.15, 0.2) is 0 Å². The first-order chi connectivity index (χ1) is 11.2. The SMILES string of the molecule is CC1CCc2c(C(=O)NCc3cn4ccccc4n3)csc2C1. The number of hydrogen-bond donors (Lipinski definition) is 1. The van der Waals surface area contributed by atoms with Crippen molar-refractivity contribution in [3.05, 3.63) is 57.7 Å². The van der Waals surface area contributed by atoms with Gasteiger partial charge >= 0.3 is 0 Å². The quantitative estimate of drug-likeness (QED) is 0.802. The molecule has 0 bridgehead atoms. The molecule has 3 aromatic rings. The van der Waals surface area contributed by atoms with E-state index >= 15 is 0 Å². The molecule has 0 aliphatic heterocycles. The molecule has 1 N–H and O–H groups in total. The molecular weight excluding hydrogens is 306 g/mol. The summed E-state index contributed by atoms with van der Waals surface area (Å²) in [5, 5.41) is 5.03. The second-order valence-corrected chi connectivity index (χ2v) is 7.24. The molecular formula is C18H19N3OS. The Morgan fingerprint density at radius 3 is 3.26 bits per heavy atom. The van der Waals surface area contributed by atoms with Crippen LogP contribution < -0.4 is 5.32 Å². The molecule has 1 aliphatic rings. The molecule has 0 aromatic carbocycles. The Hall–Kier alpha value is -2.14. The fraction of sp³-hybridized carbons (Fsp3) is 0.333. The molecule has 1 aliphatic carbocycles. The Morgan fingerprint density at radius 1 is 1.48 bits per heavy atom. The summed E-state index contributed by atoms with van der Waals surface area (Å²) in [7, 11) is 0. The molecule has 5 heteroatoms. The molecule has 0 radical (unpaired) electrons. The van der Waals surface area contributed by atoms with Gasteiger partial charge in [-0.05, 0) is 42.9 Å². The van der Waals surface area contributed by atoms with Crippen molar-refractivity contribution in [3.63, 3.8) is 0 Å². The number of carbonyl (C=O) groups is 1. The average molecular weight is 325 g/mol. The monoisotopic (exact) mass is 325 g/mol. The Balaban J connectivity index is 1.48. The van der Waals surface area contributed by atoms with E-state index in [1.165, 1.54) is 16.9 Å². The summed E-state index contributed by atoms with van der Waals surface area (Å²) >= 11 is 1.73. The highest BCUT2D eigenvalue weighted by Gasteiger charge is 2.23. The van der Waals surface area contributed by atoms with Crippen molar-refractivity contribution < 1.29 is 4.79 Å². The molecule has 0 saturated carbocycles. The van der Waals surface area contributed by atoms with E-state index in [1.54, 1.807) is 11.3 Å². The third kappa shape index (κ3) is 2.77. The van der Waals surface area contributed by atoms with Crippen LogP contribution in [0.1, 0.15) is 39.8 Å². The van der Waals surface area contributed by atoms with Crippen LogP contribution >= 0.6 is 11.3 Å². The lowest BCUT2D eigenvalue weighted by atomic mass is 9.88. The van der Waals surface area contributed by atoms with Crippen molar-refractivity contribution in [2.45, 2.75) is 32.7 Å². The third-order valence-corrected chi connectivity index (χ3v) is 5.54. The summed E-state index contributed by atoms with van der Waals surface area (Å²) in [5.41, 5.74) is 3.90. The highest BCUT2D eigenvalue weighted by molar-refractivity contribution is 7.10. The number of hydrogen-bond acceptors (Lipinski definition) is 3. The normalized spacial score (nSPS) is 17.2. The largest absolute Gasteiger partial charge is 0.346 e. The van der Waals surface area contributed by atoms with Crippen LogP contribution in [0.4, 0.5) is 0 Å². The molecule has 4 nitrogen and oxygen atoms in total. The first-order valence-corrected chi connectivity index (χ1v) is 8.88. The molecule has 118 valence electrons. The van der Waals surface area contributed by atoms with Crippen LogP contribution in [0.2, 0.25) is 0 Å². The first kappa shape index (κ1) is 14.5. The Labute approximate surface area is 139 Å². The molecule has 1 atom stereocenters. The van der Waals surface area contributed by atoms with Crippen LogP contribution in [0.3, 0.4) is 0 Å². The van der Waals surface area contributed by atoms with Gasteiger partial charge in [-0.3, -0.25) is 4.79 Å². The van der Waals surface area contributed by atoms with E-state index in [2.05, 4.69) is 17.2 Å². The van der Waals surface area contributed by atoms with Gasteiger partial charge in [0, 0.05) is 22.7 Å². The highest BCUT2D eigenvalue weighted by atomic mass is 32.1. The van der Waals surface area contributed by atoms with Gasteiger partial charge in [0.05, 0.1) is 17.8 Å². The zero-order valence-electron chi connectivity index (χ0n) is 13.1. The maximum atomic E-state index is 12.5. The zero-order chi connectivity index (χ0) is 15.8. The van der Waals surface area contributed by atoms with Crippen LogP contribution in [0, 0.1) is 5.92 Å². The van der Waals surface area contributed by atoms with Crippen molar-refractivity contribution in [2.24, 2.45) is 5.92 Å². The molecule has 3 heterocycles. The van der Waals surface area contributed by atoms with Crippen molar-refractivity contribution in [1.82, 2.24) is 14.7 Å². The van der Waals surface area contributed by atoms with E-state index in [0.717, 1.165) is 35.7 Å². The minimum atomic E-state index is 0.0223. The van der Waals surface area contributed by atoms with Crippen molar-refractivity contribution in [2.75, 3.05) is 0 Å².